The van der Waals surface area contributed by atoms with Crippen molar-refractivity contribution in [3.8, 4) is 5.75 Å². The van der Waals surface area contributed by atoms with Crippen LogP contribution in [0.2, 0.25) is 0 Å². The van der Waals surface area contributed by atoms with Crippen molar-refractivity contribution in [3.63, 3.8) is 0 Å². The number of hydrogen-bond acceptors (Lipinski definition) is 5. The van der Waals surface area contributed by atoms with E-state index in [0.717, 1.165) is 62.1 Å². The highest BCUT2D eigenvalue weighted by Gasteiger charge is 2.28. The molecule has 3 aliphatic rings. The van der Waals surface area contributed by atoms with Crippen LogP contribution in [0.1, 0.15) is 50.2 Å². The maximum absolute atomic E-state index is 6.54. The van der Waals surface area contributed by atoms with Crippen molar-refractivity contribution in [2.24, 2.45) is 10.7 Å². The normalized spacial score (nSPS) is 26.5. The van der Waals surface area contributed by atoms with Crippen LogP contribution < -0.4 is 15.4 Å². The van der Waals surface area contributed by atoms with Crippen molar-refractivity contribution in [1.29, 1.82) is 0 Å². The number of allylic oxidation sites excluding steroid dienone is 1. The van der Waals surface area contributed by atoms with Crippen LogP contribution in [0.4, 0.5) is 5.69 Å². The molecule has 0 radical (unpaired) electrons. The zero-order valence-corrected chi connectivity index (χ0v) is 17.5. The van der Waals surface area contributed by atoms with Crippen LogP contribution in [0, 0.1) is 0 Å². The number of ether oxygens (including phenoxy) is 1. The maximum atomic E-state index is 6.54. The first-order valence-corrected chi connectivity index (χ1v) is 10.8. The van der Waals surface area contributed by atoms with Crippen LogP contribution in [0.3, 0.4) is 0 Å². The van der Waals surface area contributed by atoms with Crippen molar-refractivity contribution >= 4 is 17.5 Å². The van der Waals surface area contributed by atoms with Gasteiger partial charge in [0.15, 0.2) is 0 Å². The number of rotatable bonds is 5. The van der Waals surface area contributed by atoms with Gasteiger partial charge >= 0.3 is 0 Å². The van der Waals surface area contributed by atoms with Gasteiger partial charge in [0.1, 0.15) is 5.75 Å². The molecule has 2 fully saturated rings. The van der Waals surface area contributed by atoms with E-state index >= 15 is 0 Å². The molecular weight excluding hydrogens is 348 g/mol. The number of likely N-dealkylation sites (N-methyl/N-ethyl adjacent to an activating group) is 1. The second-order valence-corrected chi connectivity index (χ2v) is 8.71. The highest BCUT2D eigenvalue weighted by atomic mass is 16.5. The number of nitrogens with two attached hydrogens (primary N) is 1. The summed E-state index contributed by atoms with van der Waals surface area (Å²) in [4.78, 5) is 9.54. The fraction of sp³-hybridized carbons (Fsp3) is 0.609. The molecule has 0 spiro atoms. The van der Waals surface area contributed by atoms with E-state index in [2.05, 4.69) is 43.0 Å². The molecule has 1 aromatic rings. The summed E-state index contributed by atoms with van der Waals surface area (Å²) in [5.74, 6) is 1.03. The lowest BCUT2D eigenvalue weighted by Crippen LogP contribution is -2.34. The number of benzene rings is 1. The molecule has 0 aromatic heterocycles. The Balaban J connectivity index is 1.67. The number of aliphatic imine (C=N–C) groups is 1. The van der Waals surface area contributed by atoms with Crippen molar-refractivity contribution in [1.82, 2.24) is 4.90 Å². The molecule has 1 aliphatic carbocycles. The summed E-state index contributed by atoms with van der Waals surface area (Å²) in [5, 5.41) is 0. The molecule has 4 rings (SSSR count). The minimum atomic E-state index is 0.342. The fourth-order valence-electron chi connectivity index (χ4n) is 4.41. The first-order chi connectivity index (χ1) is 13.6. The molecule has 0 amide bonds. The molecule has 2 aliphatic heterocycles. The Morgan fingerprint density at radius 3 is 2.68 bits per heavy atom. The highest BCUT2D eigenvalue weighted by molar-refractivity contribution is 6.11. The van der Waals surface area contributed by atoms with E-state index in [9.17, 15) is 0 Å². The Morgan fingerprint density at radius 1 is 1.21 bits per heavy atom. The van der Waals surface area contributed by atoms with E-state index in [1.54, 1.807) is 6.20 Å². The molecule has 5 nitrogen and oxygen atoms in total. The first-order valence-electron chi connectivity index (χ1n) is 10.8. The summed E-state index contributed by atoms with van der Waals surface area (Å²) in [6, 6.07) is 5.32. The third-order valence-corrected chi connectivity index (χ3v) is 6.71. The second kappa shape index (κ2) is 8.16. The van der Waals surface area contributed by atoms with Crippen LogP contribution in [0.15, 0.2) is 23.3 Å². The smallest absolute Gasteiger partial charge is 0.132 e. The van der Waals surface area contributed by atoms with Gasteiger partial charge in [-0.25, -0.2) is 0 Å². The molecule has 2 N–H and O–H groups in total. The SMILES string of the molecule is CC1CCc2c(ccc(C(C=NC3CCN(C)C3)=CN)c2OC2CCC2)N1C. The number of fused-ring (bicyclic) bond motifs is 1. The lowest BCUT2D eigenvalue weighted by molar-refractivity contribution is 0.118. The Labute approximate surface area is 169 Å². The molecule has 1 aromatic carbocycles. The topological polar surface area (TPSA) is 54.1 Å². The van der Waals surface area contributed by atoms with Crippen LogP contribution in [0.25, 0.3) is 5.57 Å². The van der Waals surface area contributed by atoms with Gasteiger partial charge in [0.25, 0.3) is 0 Å². The third kappa shape index (κ3) is 3.77. The lowest BCUT2D eigenvalue weighted by atomic mass is 9.91. The van der Waals surface area contributed by atoms with E-state index in [-0.39, 0.29) is 0 Å². The number of nitrogens with zero attached hydrogens (tertiary/aromatic N) is 3. The summed E-state index contributed by atoms with van der Waals surface area (Å²) in [7, 11) is 4.34. The van der Waals surface area contributed by atoms with Gasteiger partial charge in [-0.2, -0.15) is 0 Å². The van der Waals surface area contributed by atoms with Crippen LogP contribution in [0.5, 0.6) is 5.75 Å². The quantitative estimate of drug-likeness (QED) is 0.793. The van der Waals surface area contributed by atoms with Gasteiger partial charge in [-0.3, -0.25) is 4.99 Å². The van der Waals surface area contributed by atoms with Crippen molar-refractivity contribution < 1.29 is 4.74 Å². The summed E-state index contributed by atoms with van der Waals surface area (Å²) < 4.78 is 6.54. The van der Waals surface area contributed by atoms with Gasteiger partial charge in [0, 0.05) is 54.4 Å². The summed E-state index contributed by atoms with van der Waals surface area (Å²) in [6.45, 7) is 4.43. The zero-order chi connectivity index (χ0) is 19.7. The molecule has 1 saturated carbocycles. The minimum absolute atomic E-state index is 0.342. The van der Waals surface area contributed by atoms with Gasteiger partial charge < -0.3 is 20.3 Å². The lowest BCUT2D eigenvalue weighted by Gasteiger charge is -2.37. The van der Waals surface area contributed by atoms with Gasteiger partial charge in [-0.1, -0.05) is 0 Å². The highest BCUT2D eigenvalue weighted by Crippen LogP contribution is 2.42. The van der Waals surface area contributed by atoms with Crippen LogP contribution in [-0.4, -0.2) is 56.5 Å². The standard InChI is InChI=1S/C23H34N4O/c1-16-7-8-21-22(27(16)3)10-9-20(23(21)28-19-5-4-6-19)17(13-24)14-25-18-11-12-26(2)15-18/h9-10,13-14,16,18-19H,4-8,11-12,15,24H2,1-3H3. The monoisotopic (exact) mass is 382 g/mol. The summed E-state index contributed by atoms with van der Waals surface area (Å²) in [6.07, 6.45) is 10.9. The van der Waals surface area contributed by atoms with Gasteiger partial charge in [0.05, 0.1) is 12.1 Å². The predicted molar refractivity (Wildman–Crippen MR) is 117 cm³/mol. The average molecular weight is 383 g/mol. The zero-order valence-electron chi connectivity index (χ0n) is 17.5. The van der Waals surface area contributed by atoms with Gasteiger partial charge in [-0.05, 0) is 71.2 Å². The molecular formula is C23H34N4O. The summed E-state index contributed by atoms with van der Waals surface area (Å²) >= 11 is 0. The number of anilines is 1. The molecule has 2 heterocycles. The fourth-order valence-corrected chi connectivity index (χ4v) is 4.41. The van der Waals surface area contributed by atoms with E-state index in [0.29, 0.717) is 18.2 Å². The Kier molecular flexibility index (Phi) is 5.63. The van der Waals surface area contributed by atoms with Crippen molar-refractivity contribution in [2.45, 2.75) is 63.6 Å². The number of likely N-dealkylation sites (tertiary alicyclic amines) is 1. The van der Waals surface area contributed by atoms with E-state index in [4.69, 9.17) is 15.5 Å². The van der Waals surface area contributed by atoms with Gasteiger partial charge in [0.2, 0.25) is 0 Å². The average Bonchev–Trinajstić information content (AvgIpc) is 3.07. The van der Waals surface area contributed by atoms with Gasteiger partial charge in [-0.15, -0.1) is 0 Å². The summed E-state index contributed by atoms with van der Waals surface area (Å²) in [5.41, 5.74) is 10.7. The molecule has 2 unspecified atom stereocenters. The van der Waals surface area contributed by atoms with E-state index < -0.39 is 0 Å². The Bertz CT molecular complexity index is 768. The van der Waals surface area contributed by atoms with Crippen LogP contribution >= 0.6 is 0 Å². The largest absolute Gasteiger partial charge is 0.489 e. The van der Waals surface area contributed by atoms with Crippen LogP contribution in [-0.2, 0) is 6.42 Å². The maximum Gasteiger partial charge on any atom is 0.132 e. The molecule has 0 bridgehead atoms. The molecule has 1 saturated heterocycles. The van der Waals surface area contributed by atoms with E-state index in [1.807, 2.05) is 6.21 Å². The second-order valence-electron chi connectivity index (χ2n) is 8.71. The molecule has 2 atom stereocenters. The molecule has 28 heavy (non-hydrogen) atoms. The van der Waals surface area contributed by atoms with E-state index in [1.165, 1.54) is 17.7 Å². The number of hydrogen-bond donors (Lipinski definition) is 1. The Morgan fingerprint density at radius 2 is 2.04 bits per heavy atom. The third-order valence-electron chi connectivity index (χ3n) is 6.71. The molecule has 152 valence electrons. The minimum Gasteiger partial charge on any atom is -0.489 e. The van der Waals surface area contributed by atoms with Crippen molar-refractivity contribution in [2.75, 3.05) is 32.1 Å². The Hall–Kier alpha value is -2.01. The first kappa shape index (κ1) is 19.3. The molecule has 5 heteroatoms. The predicted octanol–water partition coefficient (Wildman–Crippen LogP) is 3.46. The van der Waals surface area contributed by atoms with Crippen molar-refractivity contribution in [3.05, 3.63) is 29.5 Å².